The van der Waals surface area contributed by atoms with Crippen LogP contribution < -0.4 is 0 Å². The zero-order chi connectivity index (χ0) is 6.69. The maximum atomic E-state index is 10.2. The van der Waals surface area contributed by atoms with E-state index in [1.807, 2.05) is 4.90 Å². The monoisotopic (exact) mass is 149 g/mol. The first kappa shape index (κ1) is 7.18. The van der Waals surface area contributed by atoms with E-state index in [-0.39, 0.29) is 0 Å². The third-order valence-corrected chi connectivity index (χ3v) is 2.08. The molecule has 1 unspecified atom stereocenters. The van der Waals surface area contributed by atoms with Crippen LogP contribution in [0.4, 0.5) is 0 Å². The van der Waals surface area contributed by atoms with Gasteiger partial charge in [-0.1, -0.05) is 0 Å². The molecule has 1 atom stereocenters. The molecule has 1 aliphatic heterocycles. The van der Waals surface area contributed by atoms with Gasteiger partial charge in [0, 0.05) is 0 Å². The predicted molar refractivity (Wildman–Crippen MR) is 36.4 cm³/mol. The number of hydrogen-bond acceptors (Lipinski definition) is 2. The molecule has 9 heavy (non-hydrogen) atoms. The Balaban J connectivity index is 2.19. The van der Waals surface area contributed by atoms with Crippen LogP contribution in [0, 0.1) is 0 Å². The van der Waals surface area contributed by atoms with Crippen LogP contribution in [-0.4, -0.2) is 32.6 Å². The summed E-state index contributed by atoms with van der Waals surface area (Å²) in [4.78, 5) is 2.01. The van der Waals surface area contributed by atoms with Crippen LogP contribution in [0.3, 0.4) is 0 Å². The average molecular weight is 149 g/mol. The minimum Gasteiger partial charge on any atom is -0.305 e. The Morgan fingerprint density at radius 2 is 2.00 bits per heavy atom. The van der Waals surface area contributed by atoms with Gasteiger partial charge in [0.15, 0.2) is 11.1 Å². The van der Waals surface area contributed by atoms with Crippen molar-refractivity contribution in [3.63, 3.8) is 0 Å². The highest BCUT2D eigenvalue weighted by molar-refractivity contribution is 7.79. The standard InChI is InChI=1S/C5H11NO2S/c7-9(8)5-6-3-1-2-4-6/h1-5H2,(H,7,8). The van der Waals surface area contributed by atoms with Gasteiger partial charge in [-0.2, -0.15) is 0 Å². The third-order valence-electron chi connectivity index (χ3n) is 1.49. The smallest absolute Gasteiger partial charge is 0.167 e. The molecule has 1 fully saturated rings. The van der Waals surface area contributed by atoms with Crippen LogP contribution in [-0.2, 0) is 11.1 Å². The summed E-state index contributed by atoms with van der Waals surface area (Å²) in [6, 6.07) is 0. The average Bonchev–Trinajstić information content (AvgIpc) is 2.15. The van der Waals surface area contributed by atoms with E-state index in [0.29, 0.717) is 5.88 Å². The van der Waals surface area contributed by atoms with Crippen LogP contribution in [0.2, 0.25) is 0 Å². The van der Waals surface area contributed by atoms with Crippen LogP contribution >= 0.6 is 0 Å². The lowest BCUT2D eigenvalue weighted by Crippen LogP contribution is -2.23. The maximum absolute atomic E-state index is 10.2. The first-order chi connectivity index (χ1) is 4.29. The van der Waals surface area contributed by atoms with Crippen molar-refractivity contribution in [2.45, 2.75) is 12.8 Å². The second-order valence-electron chi connectivity index (χ2n) is 2.28. The Hall–Kier alpha value is 0.0700. The van der Waals surface area contributed by atoms with Gasteiger partial charge >= 0.3 is 0 Å². The Morgan fingerprint density at radius 1 is 1.44 bits per heavy atom. The van der Waals surface area contributed by atoms with Crippen molar-refractivity contribution >= 4 is 11.1 Å². The molecule has 1 rings (SSSR count). The summed E-state index contributed by atoms with van der Waals surface area (Å²) in [6.45, 7) is 1.98. The lowest BCUT2D eigenvalue weighted by Gasteiger charge is -2.09. The van der Waals surface area contributed by atoms with E-state index < -0.39 is 11.1 Å². The lowest BCUT2D eigenvalue weighted by molar-refractivity contribution is 0.384. The van der Waals surface area contributed by atoms with Crippen molar-refractivity contribution in [3.05, 3.63) is 0 Å². The molecule has 1 aliphatic rings. The molecule has 0 aromatic heterocycles. The third kappa shape index (κ3) is 2.43. The number of hydrogen-bond donors (Lipinski definition) is 1. The highest BCUT2D eigenvalue weighted by Gasteiger charge is 2.12. The van der Waals surface area contributed by atoms with Crippen LogP contribution in [0.1, 0.15) is 12.8 Å². The molecule has 0 spiro atoms. The van der Waals surface area contributed by atoms with Crippen molar-refractivity contribution < 1.29 is 8.76 Å². The van der Waals surface area contributed by atoms with Gasteiger partial charge in [-0.05, 0) is 25.9 Å². The largest absolute Gasteiger partial charge is 0.305 e. The van der Waals surface area contributed by atoms with Crippen LogP contribution in [0.15, 0.2) is 0 Å². The zero-order valence-corrected chi connectivity index (χ0v) is 6.06. The van der Waals surface area contributed by atoms with Crippen molar-refractivity contribution in [2.75, 3.05) is 19.0 Å². The van der Waals surface area contributed by atoms with Gasteiger partial charge in [0.25, 0.3) is 0 Å². The Bertz CT molecular complexity index is 112. The molecule has 3 nitrogen and oxygen atoms in total. The second kappa shape index (κ2) is 3.29. The SMILES string of the molecule is O=S(O)CN1CCCC1. The minimum absolute atomic E-state index is 0.333. The fourth-order valence-electron chi connectivity index (χ4n) is 1.07. The quantitative estimate of drug-likeness (QED) is 0.573. The van der Waals surface area contributed by atoms with E-state index in [2.05, 4.69) is 0 Å². The van der Waals surface area contributed by atoms with Gasteiger partial charge in [-0.25, -0.2) is 4.21 Å². The summed E-state index contributed by atoms with van der Waals surface area (Å²) >= 11 is -1.63. The summed E-state index contributed by atoms with van der Waals surface area (Å²) in [5.74, 6) is 0.333. The van der Waals surface area contributed by atoms with Crippen molar-refractivity contribution in [2.24, 2.45) is 0 Å². The first-order valence-electron chi connectivity index (χ1n) is 3.09. The molecule has 0 radical (unpaired) electrons. The van der Waals surface area contributed by atoms with Crippen molar-refractivity contribution in [1.29, 1.82) is 0 Å². The van der Waals surface area contributed by atoms with E-state index >= 15 is 0 Å². The summed E-state index contributed by atoms with van der Waals surface area (Å²) in [5.41, 5.74) is 0. The van der Waals surface area contributed by atoms with Gasteiger partial charge in [0.1, 0.15) is 5.88 Å². The summed E-state index contributed by atoms with van der Waals surface area (Å²) in [5, 5.41) is 0. The van der Waals surface area contributed by atoms with E-state index in [1.165, 1.54) is 12.8 Å². The molecule has 1 N–H and O–H groups in total. The molecule has 4 heteroatoms. The van der Waals surface area contributed by atoms with Gasteiger partial charge in [0.05, 0.1) is 0 Å². The fourth-order valence-corrected chi connectivity index (χ4v) is 1.64. The second-order valence-corrected chi connectivity index (χ2v) is 3.18. The Kier molecular flexibility index (Phi) is 2.63. The molecule has 0 bridgehead atoms. The summed E-state index contributed by atoms with van der Waals surface area (Å²) in [6.07, 6.45) is 2.36. The highest BCUT2D eigenvalue weighted by atomic mass is 32.2. The van der Waals surface area contributed by atoms with Crippen LogP contribution in [0.5, 0.6) is 0 Å². The van der Waals surface area contributed by atoms with E-state index in [0.717, 1.165) is 13.1 Å². The first-order valence-corrected chi connectivity index (χ1v) is 4.36. The molecular formula is C5H11NO2S. The number of nitrogens with zero attached hydrogens (tertiary/aromatic N) is 1. The Morgan fingerprint density at radius 3 is 2.44 bits per heavy atom. The highest BCUT2D eigenvalue weighted by Crippen LogP contribution is 2.06. The maximum Gasteiger partial charge on any atom is 0.167 e. The molecule has 0 amide bonds. The van der Waals surface area contributed by atoms with Gasteiger partial charge in [0.2, 0.25) is 0 Å². The molecule has 0 aromatic carbocycles. The summed E-state index contributed by atoms with van der Waals surface area (Å²) in [7, 11) is 0. The molecule has 0 saturated carbocycles. The van der Waals surface area contributed by atoms with E-state index in [4.69, 9.17) is 4.55 Å². The number of likely N-dealkylation sites (tertiary alicyclic amines) is 1. The van der Waals surface area contributed by atoms with Crippen LogP contribution in [0.25, 0.3) is 0 Å². The molecule has 0 aliphatic carbocycles. The molecular weight excluding hydrogens is 138 g/mol. The van der Waals surface area contributed by atoms with E-state index in [9.17, 15) is 4.21 Å². The Labute approximate surface area is 57.3 Å². The van der Waals surface area contributed by atoms with Gasteiger partial charge < -0.3 is 4.55 Å². The predicted octanol–water partition coefficient (Wildman–Crippen LogP) is 0.261. The molecule has 1 saturated heterocycles. The van der Waals surface area contributed by atoms with E-state index in [1.54, 1.807) is 0 Å². The number of rotatable bonds is 2. The van der Waals surface area contributed by atoms with Gasteiger partial charge in [-0.3, -0.25) is 4.90 Å². The topological polar surface area (TPSA) is 40.5 Å². The molecule has 1 heterocycles. The normalized spacial score (nSPS) is 24.6. The van der Waals surface area contributed by atoms with Crippen molar-refractivity contribution in [1.82, 2.24) is 4.90 Å². The molecule has 54 valence electrons. The van der Waals surface area contributed by atoms with Crippen molar-refractivity contribution in [3.8, 4) is 0 Å². The fraction of sp³-hybridized carbons (Fsp3) is 1.00. The summed E-state index contributed by atoms with van der Waals surface area (Å²) < 4.78 is 18.7. The lowest BCUT2D eigenvalue weighted by atomic mass is 10.4. The molecule has 0 aromatic rings. The zero-order valence-electron chi connectivity index (χ0n) is 5.25. The minimum atomic E-state index is -1.63. The van der Waals surface area contributed by atoms with Gasteiger partial charge in [-0.15, -0.1) is 0 Å².